The van der Waals surface area contributed by atoms with Gasteiger partial charge in [0.15, 0.2) is 0 Å². The van der Waals surface area contributed by atoms with E-state index in [0.717, 1.165) is 6.42 Å². The molecule has 3 atom stereocenters. The number of fused-ring (bicyclic) bond motifs is 1. The molecule has 196 valence electrons. The van der Waals surface area contributed by atoms with Crippen molar-refractivity contribution in [1.29, 1.82) is 0 Å². The molecule has 0 radical (unpaired) electrons. The Labute approximate surface area is 213 Å². The number of hydrogen-bond donors (Lipinski definition) is 1. The SMILES string of the molecule is CCCC(=O)Nc1ccc2c(c1)OC[C@@H](C)N(Cc1ccccc1F)C[C@H](C)[C@H](OC)CN(C)C2=O. The van der Waals surface area contributed by atoms with E-state index in [9.17, 15) is 14.0 Å². The monoisotopic (exact) mass is 499 g/mol. The number of anilines is 1. The molecule has 0 aromatic heterocycles. The fourth-order valence-electron chi connectivity index (χ4n) is 4.44. The van der Waals surface area contributed by atoms with Crippen LogP contribution >= 0.6 is 0 Å². The summed E-state index contributed by atoms with van der Waals surface area (Å²) in [4.78, 5) is 29.3. The molecule has 0 saturated heterocycles. The molecule has 7 nitrogen and oxygen atoms in total. The summed E-state index contributed by atoms with van der Waals surface area (Å²) in [6.07, 6.45) is 0.953. The average Bonchev–Trinajstić information content (AvgIpc) is 2.85. The minimum Gasteiger partial charge on any atom is -0.491 e. The summed E-state index contributed by atoms with van der Waals surface area (Å²) in [5.41, 5.74) is 1.61. The Kier molecular flexibility index (Phi) is 9.84. The Morgan fingerprint density at radius 2 is 1.94 bits per heavy atom. The Balaban J connectivity index is 1.94. The molecule has 1 N–H and O–H groups in total. The molecule has 8 heteroatoms. The number of carbonyl (C=O) groups is 2. The second kappa shape index (κ2) is 12.8. The van der Waals surface area contributed by atoms with Crippen molar-refractivity contribution in [3.8, 4) is 5.75 Å². The van der Waals surface area contributed by atoms with Gasteiger partial charge in [-0.15, -0.1) is 0 Å². The third kappa shape index (κ3) is 7.04. The Bertz CT molecular complexity index is 1050. The lowest BCUT2D eigenvalue weighted by Gasteiger charge is -2.36. The van der Waals surface area contributed by atoms with Crippen LogP contribution in [0, 0.1) is 11.7 Å². The predicted molar refractivity (Wildman–Crippen MR) is 139 cm³/mol. The van der Waals surface area contributed by atoms with E-state index in [1.807, 2.05) is 19.9 Å². The van der Waals surface area contributed by atoms with Crippen LogP contribution in [0.3, 0.4) is 0 Å². The number of rotatable bonds is 6. The highest BCUT2D eigenvalue weighted by molar-refractivity contribution is 5.98. The highest BCUT2D eigenvalue weighted by Gasteiger charge is 2.28. The summed E-state index contributed by atoms with van der Waals surface area (Å²) >= 11 is 0. The van der Waals surface area contributed by atoms with Crippen molar-refractivity contribution in [1.82, 2.24) is 9.80 Å². The third-order valence-electron chi connectivity index (χ3n) is 6.67. The molecule has 3 rings (SSSR count). The second-order valence-electron chi connectivity index (χ2n) is 9.63. The van der Waals surface area contributed by atoms with Crippen LogP contribution in [0.2, 0.25) is 0 Å². The van der Waals surface area contributed by atoms with Gasteiger partial charge in [0.1, 0.15) is 18.2 Å². The molecular weight excluding hydrogens is 461 g/mol. The summed E-state index contributed by atoms with van der Waals surface area (Å²) in [5, 5.41) is 2.87. The molecule has 0 aliphatic carbocycles. The van der Waals surface area contributed by atoms with Crippen molar-refractivity contribution >= 4 is 17.5 Å². The molecule has 2 aromatic rings. The van der Waals surface area contributed by atoms with Crippen molar-refractivity contribution in [3.63, 3.8) is 0 Å². The number of nitrogens with zero attached hydrogens (tertiary/aromatic N) is 2. The zero-order valence-electron chi connectivity index (χ0n) is 21.9. The van der Waals surface area contributed by atoms with Crippen LogP contribution in [0.25, 0.3) is 0 Å². The summed E-state index contributed by atoms with van der Waals surface area (Å²) < 4.78 is 26.5. The Morgan fingerprint density at radius 1 is 1.19 bits per heavy atom. The van der Waals surface area contributed by atoms with Gasteiger partial charge in [0.25, 0.3) is 5.91 Å². The maximum Gasteiger partial charge on any atom is 0.257 e. The second-order valence-corrected chi connectivity index (χ2v) is 9.63. The van der Waals surface area contributed by atoms with Gasteiger partial charge in [0.05, 0.1) is 11.7 Å². The number of nitrogens with one attached hydrogen (secondary N) is 1. The molecular formula is C28H38FN3O4. The van der Waals surface area contributed by atoms with Gasteiger partial charge in [-0.2, -0.15) is 0 Å². The summed E-state index contributed by atoms with van der Waals surface area (Å²) in [7, 11) is 3.39. The van der Waals surface area contributed by atoms with E-state index >= 15 is 0 Å². The number of likely N-dealkylation sites (N-methyl/N-ethyl adjacent to an activating group) is 1. The van der Waals surface area contributed by atoms with Gasteiger partial charge >= 0.3 is 0 Å². The van der Waals surface area contributed by atoms with Crippen molar-refractivity contribution in [2.24, 2.45) is 5.92 Å². The topological polar surface area (TPSA) is 71.1 Å². The molecule has 1 aliphatic rings. The van der Waals surface area contributed by atoms with Crippen LogP contribution < -0.4 is 10.1 Å². The van der Waals surface area contributed by atoms with E-state index in [2.05, 4.69) is 17.1 Å². The van der Waals surface area contributed by atoms with Gasteiger partial charge in [-0.1, -0.05) is 32.0 Å². The van der Waals surface area contributed by atoms with E-state index in [1.54, 1.807) is 49.4 Å². The molecule has 0 bridgehead atoms. The molecule has 0 saturated carbocycles. The number of methoxy groups -OCH3 is 1. The van der Waals surface area contributed by atoms with E-state index in [0.29, 0.717) is 48.6 Å². The van der Waals surface area contributed by atoms with Crippen LogP contribution in [0.5, 0.6) is 5.75 Å². The number of ether oxygens (including phenoxy) is 2. The first-order valence-electron chi connectivity index (χ1n) is 12.6. The van der Waals surface area contributed by atoms with Gasteiger partial charge in [-0.3, -0.25) is 14.5 Å². The number of benzene rings is 2. The van der Waals surface area contributed by atoms with Crippen LogP contribution in [-0.2, 0) is 16.1 Å². The Hall–Kier alpha value is -2.97. The van der Waals surface area contributed by atoms with Crippen LogP contribution in [0.15, 0.2) is 42.5 Å². The smallest absolute Gasteiger partial charge is 0.257 e. The van der Waals surface area contributed by atoms with E-state index in [-0.39, 0.29) is 42.3 Å². The molecule has 2 aromatic carbocycles. The maximum absolute atomic E-state index is 14.5. The van der Waals surface area contributed by atoms with E-state index in [4.69, 9.17) is 9.47 Å². The minimum atomic E-state index is -0.240. The molecule has 2 amide bonds. The molecule has 36 heavy (non-hydrogen) atoms. The average molecular weight is 500 g/mol. The fourth-order valence-corrected chi connectivity index (χ4v) is 4.44. The molecule has 0 unspecified atom stereocenters. The first kappa shape index (κ1) is 27.6. The van der Waals surface area contributed by atoms with Gasteiger partial charge in [0.2, 0.25) is 5.91 Å². The normalized spacial score (nSPS) is 21.7. The number of carbonyl (C=O) groups excluding carboxylic acids is 2. The minimum absolute atomic E-state index is 0.0783. The van der Waals surface area contributed by atoms with Gasteiger partial charge in [-0.05, 0) is 37.5 Å². The lowest BCUT2D eigenvalue weighted by Crippen LogP contribution is -2.46. The van der Waals surface area contributed by atoms with Crippen molar-refractivity contribution in [2.75, 3.05) is 39.2 Å². The lowest BCUT2D eigenvalue weighted by atomic mass is 10.0. The van der Waals surface area contributed by atoms with E-state index < -0.39 is 0 Å². The highest BCUT2D eigenvalue weighted by Crippen LogP contribution is 2.27. The van der Waals surface area contributed by atoms with E-state index in [1.165, 1.54) is 6.07 Å². The summed E-state index contributed by atoms with van der Waals surface area (Å²) in [6, 6.07) is 11.8. The van der Waals surface area contributed by atoms with Gasteiger partial charge in [0, 0.05) is 63.6 Å². The standard InChI is InChI=1S/C28H38FN3O4/c1-6-9-27(33)30-22-12-13-23-25(14-22)36-18-20(3)32(16-21-10-7-8-11-24(21)29)15-19(2)26(35-5)17-31(4)28(23)34/h7-8,10-14,19-20,26H,6,9,15-18H2,1-5H3,(H,30,33)/t19-,20+,26+/m0/s1. The van der Waals surface area contributed by atoms with Crippen LogP contribution in [-0.4, -0.2) is 67.6 Å². The zero-order valence-corrected chi connectivity index (χ0v) is 21.9. The molecule has 1 aliphatic heterocycles. The molecule has 1 heterocycles. The summed E-state index contributed by atoms with van der Waals surface area (Å²) in [5.74, 6) is -0.0238. The van der Waals surface area contributed by atoms with Crippen LogP contribution in [0.1, 0.15) is 49.5 Å². The molecule has 0 fully saturated rings. The summed E-state index contributed by atoms with van der Waals surface area (Å²) in [6.45, 7) is 7.80. The van der Waals surface area contributed by atoms with Crippen LogP contribution in [0.4, 0.5) is 10.1 Å². The number of halogens is 1. The highest BCUT2D eigenvalue weighted by atomic mass is 19.1. The first-order valence-corrected chi connectivity index (χ1v) is 12.6. The van der Waals surface area contributed by atoms with Crippen molar-refractivity contribution < 1.29 is 23.5 Å². The fraction of sp³-hybridized carbons (Fsp3) is 0.500. The number of hydrogen-bond acceptors (Lipinski definition) is 5. The van der Waals surface area contributed by atoms with Crippen molar-refractivity contribution in [3.05, 3.63) is 59.4 Å². The molecule has 0 spiro atoms. The quantitative estimate of drug-likeness (QED) is 0.631. The van der Waals surface area contributed by atoms with Gasteiger partial charge < -0.3 is 19.7 Å². The zero-order chi connectivity index (χ0) is 26.2. The first-order chi connectivity index (χ1) is 17.2. The van der Waals surface area contributed by atoms with Crippen molar-refractivity contribution in [2.45, 2.75) is 52.3 Å². The lowest BCUT2D eigenvalue weighted by molar-refractivity contribution is -0.116. The number of amides is 2. The largest absolute Gasteiger partial charge is 0.491 e. The maximum atomic E-state index is 14.5. The predicted octanol–water partition coefficient (Wildman–Crippen LogP) is 4.57. The van der Waals surface area contributed by atoms with Gasteiger partial charge in [-0.25, -0.2) is 4.39 Å². The Morgan fingerprint density at radius 3 is 2.64 bits per heavy atom. The third-order valence-corrected chi connectivity index (χ3v) is 6.67.